The zero-order chi connectivity index (χ0) is 31.6. The monoisotopic (exact) mass is 623 g/mol. The van der Waals surface area contributed by atoms with Gasteiger partial charge in [-0.1, -0.05) is 65.3 Å². The fourth-order valence-electron chi connectivity index (χ4n) is 8.83. The number of ether oxygens (including phenoxy) is 1. The number of hydrogen-bond acceptors (Lipinski definition) is 6. The Bertz CT molecular complexity index is 1240. The van der Waals surface area contributed by atoms with E-state index in [1.54, 1.807) is 0 Å². The number of aliphatic hydroxyl groups is 2. The van der Waals surface area contributed by atoms with Gasteiger partial charge in [0.2, 0.25) is 0 Å². The van der Waals surface area contributed by atoms with Crippen LogP contribution in [0.4, 0.5) is 0 Å². The van der Waals surface area contributed by atoms with Crippen LogP contribution in [0.3, 0.4) is 0 Å². The van der Waals surface area contributed by atoms with E-state index in [1.165, 1.54) is 54.0 Å². The van der Waals surface area contributed by atoms with E-state index < -0.39 is 12.2 Å². The average Bonchev–Trinajstić information content (AvgIpc) is 3.50. The van der Waals surface area contributed by atoms with Gasteiger partial charge in [-0.3, -0.25) is 4.79 Å². The highest BCUT2D eigenvalue weighted by molar-refractivity contribution is 7.11. The van der Waals surface area contributed by atoms with Crippen LogP contribution in [0.2, 0.25) is 0 Å². The second kappa shape index (κ2) is 13.9. The van der Waals surface area contributed by atoms with Crippen molar-refractivity contribution in [1.29, 1.82) is 0 Å². The minimum Gasteiger partial charge on any atom is -0.461 e. The minimum atomic E-state index is -0.645. The second-order valence-electron chi connectivity index (χ2n) is 15.2. The highest BCUT2D eigenvalue weighted by Crippen LogP contribution is 2.60. The molecule has 4 aliphatic rings. The summed E-state index contributed by atoms with van der Waals surface area (Å²) in [4.78, 5) is 19.2. The molecule has 0 saturated heterocycles. The summed E-state index contributed by atoms with van der Waals surface area (Å²) in [6.45, 7) is 15.2. The maximum absolute atomic E-state index is 12.9. The molecule has 0 unspecified atom stereocenters. The van der Waals surface area contributed by atoms with Gasteiger partial charge in [0.1, 0.15) is 11.1 Å². The molecule has 5 rings (SSSR count). The smallest absolute Gasteiger partial charge is 0.308 e. The van der Waals surface area contributed by atoms with Crippen LogP contribution < -0.4 is 0 Å². The number of aromatic nitrogens is 1. The Morgan fingerprint density at radius 2 is 1.95 bits per heavy atom. The van der Waals surface area contributed by atoms with Gasteiger partial charge in [0.25, 0.3) is 0 Å². The first-order valence-corrected chi connectivity index (χ1v) is 18.4. The van der Waals surface area contributed by atoms with E-state index in [-0.39, 0.29) is 28.8 Å². The van der Waals surface area contributed by atoms with Crippen molar-refractivity contribution in [3.05, 3.63) is 51.5 Å². The van der Waals surface area contributed by atoms with Gasteiger partial charge >= 0.3 is 5.97 Å². The predicted octanol–water partition coefficient (Wildman–Crippen LogP) is 8.64. The lowest BCUT2D eigenvalue weighted by Gasteiger charge is -2.44. The van der Waals surface area contributed by atoms with Crippen LogP contribution in [-0.4, -0.2) is 39.5 Å². The number of nitrogens with zero attached hydrogens (tertiary/aromatic N) is 1. The Hall–Kier alpha value is -1.76. The molecule has 0 aromatic carbocycles. The Morgan fingerprint density at radius 3 is 2.66 bits per heavy atom. The topological polar surface area (TPSA) is 79.7 Å². The van der Waals surface area contributed by atoms with Gasteiger partial charge < -0.3 is 14.9 Å². The second-order valence-corrected chi connectivity index (χ2v) is 16.3. The molecule has 0 radical (unpaired) electrons. The molecule has 1 aromatic rings. The lowest BCUT2D eigenvalue weighted by Crippen LogP contribution is -2.37. The van der Waals surface area contributed by atoms with Crippen molar-refractivity contribution >= 4 is 17.3 Å². The van der Waals surface area contributed by atoms with Crippen molar-refractivity contribution in [1.82, 2.24) is 4.98 Å². The molecular formula is C38H57NO4S. The molecule has 2 N–H and O–H groups in total. The molecule has 0 amide bonds. The number of allylic oxidation sites excluding steroid dienone is 3. The van der Waals surface area contributed by atoms with Gasteiger partial charge in [0.15, 0.2) is 0 Å². The van der Waals surface area contributed by atoms with Crippen LogP contribution >= 0.6 is 11.3 Å². The van der Waals surface area contributed by atoms with E-state index in [2.05, 4.69) is 45.7 Å². The molecule has 1 aromatic heterocycles. The summed E-state index contributed by atoms with van der Waals surface area (Å²) in [5, 5.41) is 21.7. The summed E-state index contributed by atoms with van der Waals surface area (Å²) in [7, 11) is 0. The summed E-state index contributed by atoms with van der Waals surface area (Å²) < 4.78 is 6.33. The first-order chi connectivity index (χ1) is 21.0. The molecule has 44 heavy (non-hydrogen) atoms. The number of esters is 1. The standard InChI is InChI=1S/C38H57NO4S/c1-7-8-11-30-23-39-36(44-30)38(19-20-38)34(43-35(42)24(2)3)17-12-25(4)31-15-16-32-27(10-9-18-37(31,32)6)13-14-28-21-29(40)22-33(41)26(28)5/h13-14,23-25,29,31-34,40-41H,5,7-12,15-22H2,1-4,6H3/t25-,29-,31-,32+,33+,34-,37-/m1/s1. The molecule has 4 saturated carbocycles. The summed E-state index contributed by atoms with van der Waals surface area (Å²) >= 11 is 1.85. The van der Waals surface area contributed by atoms with E-state index in [0.29, 0.717) is 30.6 Å². The zero-order valence-corrected chi connectivity index (χ0v) is 28.8. The Kier molecular flexibility index (Phi) is 10.6. The number of fused-ring (bicyclic) bond motifs is 1. The van der Waals surface area contributed by atoms with E-state index in [9.17, 15) is 15.0 Å². The van der Waals surface area contributed by atoms with Crippen molar-refractivity contribution in [3.63, 3.8) is 0 Å². The third-order valence-corrected chi connectivity index (χ3v) is 13.0. The summed E-state index contributed by atoms with van der Waals surface area (Å²) in [6.07, 6.45) is 19.9. The fourth-order valence-corrected chi connectivity index (χ4v) is 10.1. The normalized spacial score (nSPS) is 33.0. The predicted molar refractivity (Wildman–Crippen MR) is 179 cm³/mol. The quantitative estimate of drug-likeness (QED) is 0.228. The number of carbonyl (C=O) groups is 1. The maximum atomic E-state index is 12.9. The van der Waals surface area contributed by atoms with Crippen molar-refractivity contribution < 1.29 is 19.7 Å². The molecule has 7 atom stereocenters. The number of thiazole rings is 1. The average molecular weight is 624 g/mol. The molecule has 1 heterocycles. The van der Waals surface area contributed by atoms with Crippen molar-refractivity contribution in [2.45, 2.75) is 148 Å². The summed E-state index contributed by atoms with van der Waals surface area (Å²) in [5.74, 6) is 1.57. The molecule has 4 aliphatic carbocycles. The molecule has 0 spiro atoms. The zero-order valence-electron chi connectivity index (χ0n) is 27.9. The Balaban J connectivity index is 1.28. The van der Waals surface area contributed by atoms with Crippen LogP contribution in [0.5, 0.6) is 0 Å². The largest absolute Gasteiger partial charge is 0.461 e. The fraction of sp³-hybridized carbons (Fsp3) is 0.737. The number of rotatable bonds is 12. The lowest BCUT2D eigenvalue weighted by molar-refractivity contribution is -0.155. The SMILES string of the molecule is C=C1C(=CC=C2CCC[C@]3(C)[C@@H]([C@H](C)CC[C@@H](OC(=O)C(C)C)C4(c5ncc(CCCC)s5)CC4)CC[C@@H]23)C[C@@H](O)C[C@@H]1O. The van der Waals surface area contributed by atoms with Gasteiger partial charge in [-0.2, -0.15) is 0 Å². The third-order valence-electron chi connectivity index (χ3n) is 11.8. The summed E-state index contributed by atoms with van der Waals surface area (Å²) in [6, 6.07) is 0. The number of unbranched alkanes of at least 4 members (excludes halogenated alkanes) is 1. The third kappa shape index (κ3) is 6.98. The molecule has 244 valence electrons. The molecule has 0 aliphatic heterocycles. The number of hydrogen-bond donors (Lipinski definition) is 2. The van der Waals surface area contributed by atoms with Crippen LogP contribution in [0.25, 0.3) is 0 Å². The number of aryl methyl sites for hydroxylation is 1. The van der Waals surface area contributed by atoms with Gasteiger partial charge in [-0.15, -0.1) is 11.3 Å². The van der Waals surface area contributed by atoms with Crippen LogP contribution in [-0.2, 0) is 21.4 Å². The van der Waals surface area contributed by atoms with E-state index in [0.717, 1.165) is 49.7 Å². The van der Waals surface area contributed by atoms with Crippen LogP contribution in [0.15, 0.2) is 41.6 Å². The first-order valence-electron chi connectivity index (χ1n) is 17.6. The summed E-state index contributed by atoms with van der Waals surface area (Å²) in [5.41, 5.74) is 3.47. The van der Waals surface area contributed by atoms with E-state index in [4.69, 9.17) is 9.72 Å². The number of carbonyl (C=O) groups excluding carboxylic acids is 1. The molecule has 0 bridgehead atoms. The lowest BCUT2D eigenvalue weighted by atomic mass is 9.60. The Labute approximate surface area is 270 Å². The van der Waals surface area contributed by atoms with Gasteiger partial charge in [-0.25, -0.2) is 4.98 Å². The van der Waals surface area contributed by atoms with Crippen LogP contribution in [0.1, 0.15) is 128 Å². The van der Waals surface area contributed by atoms with E-state index >= 15 is 0 Å². The van der Waals surface area contributed by atoms with Crippen molar-refractivity contribution in [2.24, 2.45) is 29.1 Å². The van der Waals surface area contributed by atoms with E-state index in [1.807, 2.05) is 25.2 Å². The maximum Gasteiger partial charge on any atom is 0.308 e. The molecular weight excluding hydrogens is 566 g/mol. The number of aliphatic hydroxyl groups excluding tert-OH is 2. The molecule has 5 nitrogen and oxygen atoms in total. The Morgan fingerprint density at radius 1 is 1.18 bits per heavy atom. The van der Waals surface area contributed by atoms with Crippen molar-refractivity contribution in [2.75, 3.05) is 0 Å². The molecule has 4 fully saturated rings. The highest BCUT2D eigenvalue weighted by Gasteiger charge is 2.56. The highest BCUT2D eigenvalue weighted by atomic mass is 32.1. The molecule has 6 heteroatoms. The van der Waals surface area contributed by atoms with Gasteiger partial charge in [0, 0.05) is 17.5 Å². The van der Waals surface area contributed by atoms with Crippen molar-refractivity contribution in [3.8, 4) is 0 Å². The minimum absolute atomic E-state index is 0.0820. The van der Waals surface area contributed by atoms with Gasteiger partial charge in [-0.05, 0) is 111 Å². The van der Waals surface area contributed by atoms with Crippen LogP contribution in [0, 0.1) is 29.1 Å². The van der Waals surface area contributed by atoms with Gasteiger partial charge in [0.05, 0.1) is 23.5 Å². The first kappa shape index (κ1) is 33.6.